The molecule has 0 aliphatic rings. The fourth-order valence-electron chi connectivity index (χ4n) is 2.89. The van der Waals surface area contributed by atoms with Crippen molar-refractivity contribution in [3.8, 4) is 5.75 Å². The SMILES string of the molecule is CNS(=O)(=O)c1cccc(C(=O)O[C@H](C(=O)Nc2cccc(OC)c2)c2ccccc2)c1. The first-order chi connectivity index (χ1) is 15.3. The summed E-state index contributed by atoms with van der Waals surface area (Å²) in [6.45, 7) is 0. The monoisotopic (exact) mass is 454 g/mol. The number of ether oxygens (including phenoxy) is 2. The minimum absolute atomic E-state index is 0.00330. The van der Waals surface area contributed by atoms with Crippen LogP contribution in [0, 0.1) is 0 Å². The van der Waals surface area contributed by atoms with Crippen molar-refractivity contribution in [2.75, 3.05) is 19.5 Å². The Kier molecular flexibility index (Phi) is 7.24. The van der Waals surface area contributed by atoms with Crippen molar-refractivity contribution in [2.24, 2.45) is 0 Å². The van der Waals surface area contributed by atoms with Gasteiger partial charge in [0.1, 0.15) is 5.75 Å². The quantitative estimate of drug-likeness (QED) is 0.506. The first kappa shape index (κ1) is 23.0. The molecule has 166 valence electrons. The molecule has 0 spiro atoms. The van der Waals surface area contributed by atoms with Crippen molar-refractivity contribution in [2.45, 2.75) is 11.0 Å². The van der Waals surface area contributed by atoms with E-state index in [1.807, 2.05) is 0 Å². The number of amides is 1. The van der Waals surface area contributed by atoms with Crippen molar-refractivity contribution < 1.29 is 27.5 Å². The van der Waals surface area contributed by atoms with Crippen LogP contribution < -0.4 is 14.8 Å². The fraction of sp³-hybridized carbons (Fsp3) is 0.130. The summed E-state index contributed by atoms with van der Waals surface area (Å²) in [5.41, 5.74) is 0.921. The molecule has 0 heterocycles. The van der Waals surface area contributed by atoms with Gasteiger partial charge in [0.15, 0.2) is 0 Å². The number of carbonyl (C=O) groups is 2. The summed E-state index contributed by atoms with van der Waals surface area (Å²) < 4.78 is 37.0. The lowest BCUT2D eigenvalue weighted by Gasteiger charge is -2.18. The topological polar surface area (TPSA) is 111 Å². The van der Waals surface area contributed by atoms with E-state index in [9.17, 15) is 18.0 Å². The molecule has 32 heavy (non-hydrogen) atoms. The van der Waals surface area contributed by atoms with E-state index in [-0.39, 0.29) is 10.5 Å². The third-order valence-corrected chi connectivity index (χ3v) is 5.96. The molecule has 8 nitrogen and oxygen atoms in total. The second kappa shape index (κ2) is 10.1. The van der Waals surface area contributed by atoms with Crippen molar-refractivity contribution in [1.29, 1.82) is 0 Å². The van der Waals surface area contributed by atoms with Gasteiger partial charge < -0.3 is 14.8 Å². The van der Waals surface area contributed by atoms with Gasteiger partial charge >= 0.3 is 5.97 Å². The number of anilines is 1. The maximum absolute atomic E-state index is 13.0. The zero-order valence-electron chi connectivity index (χ0n) is 17.4. The van der Waals surface area contributed by atoms with Crippen LogP contribution in [0.25, 0.3) is 0 Å². The Morgan fingerprint density at radius 1 is 0.906 bits per heavy atom. The van der Waals surface area contributed by atoms with Gasteiger partial charge in [-0.1, -0.05) is 42.5 Å². The third-order valence-electron chi connectivity index (χ3n) is 4.55. The number of hydrogen-bond donors (Lipinski definition) is 2. The summed E-state index contributed by atoms with van der Waals surface area (Å²) in [7, 11) is -0.963. The molecule has 3 aromatic rings. The predicted octanol–water partition coefficient (Wildman–Crippen LogP) is 3.14. The van der Waals surface area contributed by atoms with E-state index in [0.717, 1.165) is 0 Å². The molecular weight excluding hydrogens is 432 g/mol. The summed E-state index contributed by atoms with van der Waals surface area (Å²) in [5.74, 6) is -0.858. The largest absolute Gasteiger partial charge is 0.497 e. The highest BCUT2D eigenvalue weighted by Crippen LogP contribution is 2.24. The average molecular weight is 455 g/mol. The van der Waals surface area contributed by atoms with Crippen LogP contribution >= 0.6 is 0 Å². The highest BCUT2D eigenvalue weighted by atomic mass is 32.2. The van der Waals surface area contributed by atoms with Crippen LogP contribution in [0.5, 0.6) is 5.75 Å². The van der Waals surface area contributed by atoms with Gasteiger partial charge in [-0.3, -0.25) is 4.79 Å². The number of rotatable bonds is 8. The number of hydrogen-bond acceptors (Lipinski definition) is 6. The Morgan fingerprint density at radius 2 is 1.62 bits per heavy atom. The zero-order valence-corrected chi connectivity index (χ0v) is 18.3. The summed E-state index contributed by atoms with van der Waals surface area (Å²) in [5, 5.41) is 2.71. The number of carbonyl (C=O) groups excluding carboxylic acids is 2. The minimum atomic E-state index is -3.75. The fourth-order valence-corrected chi connectivity index (χ4v) is 3.67. The van der Waals surface area contributed by atoms with Crippen LogP contribution in [0.15, 0.2) is 83.8 Å². The molecule has 1 amide bonds. The lowest BCUT2D eigenvalue weighted by molar-refractivity contribution is -0.125. The molecule has 3 aromatic carbocycles. The Morgan fingerprint density at radius 3 is 2.31 bits per heavy atom. The zero-order chi connectivity index (χ0) is 23.1. The molecule has 1 atom stereocenters. The van der Waals surface area contributed by atoms with Crippen LogP contribution in [-0.2, 0) is 19.6 Å². The van der Waals surface area contributed by atoms with E-state index in [4.69, 9.17) is 9.47 Å². The number of sulfonamides is 1. The van der Waals surface area contributed by atoms with Gasteiger partial charge in [-0.15, -0.1) is 0 Å². The second-order valence-corrected chi connectivity index (χ2v) is 8.54. The molecule has 0 fully saturated rings. The lowest BCUT2D eigenvalue weighted by Crippen LogP contribution is -2.26. The normalized spacial score (nSPS) is 11.9. The molecule has 2 N–H and O–H groups in total. The van der Waals surface area contributed by atoms with Crippen LogP contribution in [0.2, 0.25) is 0 Å². The van der Waals surface area contributed by atoms with Crippen molar-refractivity contribution in [1.82, 2.24) is 4.72 Å². The van der Waals surface area contributed by atoms with Crippen LogP contribution in [0.3, 0.4) is 0 Å². The summed E-state index contributed by atoms with van der Waals surface area (Å²) >= 11 is 0. The third kappa shape index (κ3) is 5.51. The molecule has 0 unspecified atom stereocenters. The van der Waals surface area contributed by atoms with E-state index in [1.54, 1.807) is 54.6 Å². The summed E-state index contributed by atoms with van der Waals surface area (Å²) in [6, 6.07) is 20.7. The van der Waals surface area contributed by atoms with Crippen molar-refractivity contribution in [3.63, 3.8) is 0 Å². The smallest absolute Gasteiger partial charge is 0.339 e. The van der Waals surface area contributed by atoms with E-state index >= 15 is 0 Å². The molecule has 0 bridgehead atoms. The Bertz CT molecular complexity index is 1210. The first-order valence-corrected chi connectivity index (χ1v) is 11.1. The standard InChI is InChI=1S/C23H22N2O6S/c1-24-32(28,29)20-13-6-10-17(14-20)23(27)31-21(16-8-4-3-5-9-16)22(26)25-18-11-7-12-19(15-18)30-2/h3-15,21,24H,1-2H3,(H,25,26)/t21-/m0/s1. The molecule has 0 saturated heterocycles. The molecule has 0 radical (unpaired) electrons. The first-order valence-electron chi connectivity index (χ1n) is 9.58. The Labute approximate surface area is 186 Å². The molecule has 0 aromatic heterocycles. The van der Waals surface area contributed by atoms with Gasteiger partial charge in [0.05, 0.1) is 17.6 Å². The lowest BCUT2D eigenvalue weighted by atomic mass is 10.1. The molecule has 0 saturated carbocycles. The minimum Gasteiger partial charge on any atom is -0.497 e. The average Bonchev–Trinajstić information content (AvgIpc) is 2.83. The molecule has 3 rings (SSSR count). The van der Waals surface area contributed by atoms with Gasteiger partial charge in [0.2, 0.25) is 16.1 Å². The second-order valence-electron chi connectivity index (χ2n) is 6.65. The molecule has 0 aliphatic heterocycles. The molecule has 9 heteroatoms. The van der Waals surface area contributed by atoms with Crippen LogP contribution in [0.4, 0.5) is 5.69 Å². The Hall–Kier alpha value is -3.69. The summed E-state index contributed by atoms with van der Waals surface area (Å²) in [6.07, 6.45) is -1.26. The van der Waals surface area contributed by atoms with Crippen LogP contribution in [-0.4, -0.2) is 34.5 Å². The molecule has 0 aliphatic carbocycles. The van der Waals surface area contributed by atoms with E-state index in [0.29, 0.717) is 17.0 Å². The predicted molar refractivity (Wildman–Crippen MR) is 119 cm³/mol. The summed E-state index contributed by atoms with van der Waals surface area (Å²) in [4.78, 5) is 25.7. The van der Waals surface area contributed by atoms with Gasteiger partial charge in [0.25, 0.3) is 5.91 Å². The van der Waals surface area contributed by atoms with E-state index < -0.39 is 28.0 Å². The van der Waals surface area contributed by atoms with Gasteiger partial charge in [-0.2, -0.15) is 0 Å². The van der Waals surface area contributed by atoms with E-state index in [1.165, 1.54) is 38.4 Å². The number of esters is 1. The number of methoxy groups -OCH3 is 1. The van der Waals surface area contributed by atoms with Crippen LogP contribution in [0.1, 0.15) is 22.0 Å². The van der Waals surface area contributed by atoms with Crippen molar-refractivity contribution in [3.05, 3.63) is 90.0 Å². The maximum Gasteiger partial charge on any atom is 0.339 e. The maximum atomic E-state index is 13.0. The van der Waals surface area contributed by atoms with Gasteiger partial charge in [-0.05, 0) is 37.4 Å². The van der Waals surface area contributed by atoms with E-state index in [2.05, 4.69) is 10.0 Å². The van der Waals surface area contributed by atoms with Gasteiger partial charge in [0, 0.05) is 17.3 Å². The number of nitrogens with one attached hydrogen (secondary N) is 2. The van der Waals surface area contributed by atoms with Crippen molar-refractivity contribution >= 4 is 27.6 Å². The van der Waals surface area contributed by atoms with Gasteiger partial charge in [-0.25, -0.2) is 17.9 Å². The number of benzene rings is 3. The molecular formula is C23H22N2O6S. The highest BCUT2D eigenvalue weighted by molar-refractivity contribution is 7.89. The Balaban J connectivity index is 1.88. The highest BCUT2D eigenvalue weighted by Gasteiger charge is 2.26.